The Morgan fingerprint density at radius 3 is 2.75 bits per heavy atom. The van der Waals surface area contributed by atoms with E-state index in [-0.39, 0.29) is 12.4 Å². The number of hydrogen-bond donors (Lipinski definition) is 1. The lowest BCUT2D eigenvalue weighted by Crippen LogP contribution is -2.17. The smallest absolute Gasteiger partial charge is 0.307 e. The van der Waals surface area contributed by atoms with E-state index in [0.29, 0.717) is 12.4 Å². The highest BCUT2D eigenvalue weighted by Gasteiger charge is 2.15. The summed E-state index contributed by atoms with van der Waals surface area (Å²) < 4.78 is 10.0. The number of benzene rings is 1. The SMILES string of the molecule is CCOC(=O)C[C@@H](N)c1ccccc1OC. The Hall–Kier alpha value is -1.55. The van der Waals surface area contributed by atoms with Crippen LogP contribution in [0.15, 0.2) is 24.3 Å². The third-order valence-corrected chi connectivity index (χ3v) is 2.23. The number of methoxy groups -OCH3 is 1. The first-order chi connectivity index (χ1) is 7.69. The molecule has 0 amide bonds. The summed E-state index contributed by atoms with van der Waals surface area (Å²) in [6, 6.07) is 7.00. The number of nitrogens with two attached hydrogens (primary N) is 1. The molecule has 0 aliphatic carbocycles. The fourth-order valence-electron chi connectivity index (χ4n) is 1.48. The molecule has 2 N–H and O–H groups in total. The van der Waals surface area contributed by atoms with E-state index in [2.05, 4.69) is 0 Å². The predicted octanol–water partition coefficient (Wildman–Crippen LogP) is 1.65. The minimum Gasteiger partial charge on any atom is -0.496 e. The lowest BCUT2D eigenvalue weighted by Gasteiger charge is -2.14. The average Bonchev–Trinajstić information content (AvgIpc) is 2.29. The lowest BCUT2D eigenvalue weighted by molar-refractivity contribution is -0.143. The van der Waals surface area contributed by atoms with Crippen molar-refractivity contribution in [2.75, 3.05) is 13.7 Å². The van der Waals surface area contributed by atoms with Gasteiger partial charge in [-0.15, -0.1) is 0 Å². The van der Waals surface area contributed by atoms with Gasteiger partial charge in [0.05, 0.1) is 20.1 Å². The second-order valence-corrected chi connectivity index (χ2v) is 3.36. The number of hydrogen-bond acceptors (Lipinski definition) is 4. The maximum Gasteiger partial charge on any atom is 0.307 e. The zero-order chi connectivity index (χ0) is 12.0. The van der Waals surface area contributed by atoms with E-state index >= 15 is 0 Å². The molecule has 16 heavy (non-hydrogen) atoms. The molecular weight excluding hydrogens is 206 g/mol. The first kappa shape index (κ1) is 12.5. The molecule has 0 fully saturated rings. The normalized spacial score (nSPS) is 11.9. The van der Waals surface area contributed by atoms with Crippen LogP contribution in [0.25, 0.3) is 0 Å². The molecule has 0 spiro atoms. The Bertz CT molecular complexity index is 352. The standard InChI is InChI=1S/C12H17NO3/c1-3-16-12(14)8-10(13)9-6-4-5-7-11(9)15-2/h4-7,10H,3,8,13H2,1-2H3/t10-/m1/s1. The molecule has 1 aromatic rings. The van der Waals surface area contributed by atoms with Gasteiger partial charge in [-0.25, -0.2) is 0 Å². The molecule has 4 nitrogen and oxygen atoms in total. The van der Waals surface area contributed by atoms with Crippen LogP contribution in [-0.4, -0.2) is 19.7 Å². The average molecular weight is 223 g/mol. The van der Waals surface area contributed by atoms with Gasteiger partial charge in [0, 0.05) is 11.6 Å². The molecule has 1 aromatic carbocycles. The third kappa shape index (κ3) is 3.24. The van der Waals surface area contributed by atoms with E-state index in [9.17, 15) is 4.79 Å². The lowest BCUT2D eigenvalue weighted by atomic mass is 10.0. The molecule has 0 aromatic heterocycles. The number of esters is 1. The van der Waals surface area contributed by atoms with Gasteiger partial charge in [-0.1, -0.05) is 18.2 Å². The van der Waals surface area contributed by atoms with Crippen molar-refractivity contribution in [3.8, 4) is 5.75 Å². The zero-order valence-corrected chi connectivity index (χ0v) is 9.60. The van der Waals surface area contributed by atoms with Crippen LogP contribution in [0.4, 0.5) is 0 Å². The summed E-state index contributed by atoms with van der Waals surface area (Å²) in [6.45, 7) is 2.14. The van der Waals surface area contributed by atoms with Gasteiger partial charge < -0.3 is 15.2 Å². The van der Waals surface area contributed by atoms with Crippen molar-refractivity contribution in [1.82, 2.24) is 0 Å². The number of carbonyl (C=O) groups is 1. The summed E-state index contributed by atoms with van der Waals surface area (Å²) in [6.07, 6.45) is 0.161. The topological polar surface area (TPSA) is 61.5 Å². The van der Waals surface area contributed by atoms with Crippen LogP contribution in [0.2, 0.25) is 0 Å². The fourth-order valence-corrected chi connectivity index (χ4v) is 1.48. The maximum absolute atomic E-state index is 11.3. The van der Waals surface area contributed by atoms with Crippen molar-refractivity contribution in [3.63, 3.8) is 0 Å². The van der Waals surface area contributed by atoms with E-state index in [0.717, 1.165) is 5.56 Å². The summed E-state index contributed by atoms with van der Waals surface area (Å²) >= 11 is 0. The molecule has 0 heterocycles. The summed E-state index contributed by atoms with van der Waals surface area (Å²) in [5, 5.41) is 0. The molecule has 0 bridgehead atoms. The van der Waals surface area contributed by atoms with Gasteiger partial charge in [-0.3, -0.25) is 4.79 Å². The largest absolute Gasteiger partial charge is 0.496 e. The molecule has 1 rings (SSSR count). The van der Waals surface area contributed by atoms with Gasteiger partial charge in [0.1, 0.15) is 5.75 Å². The number of ether oxygens (including phenoxy) is 2. The summed E-state index contributed by atoms with van der Waals surface area (Å²) in [4.78, 5) is 11.3. The fraction of sp³-hybridized carbons (Fsp3) is 0.417. The van der Waals surface area contributed by atoms with Crippen LogP contribution in [0.3, 0.4) is 0 Å². The Kier molecular flexibility index (Phi) is 4.79. The number of carbonyl (C=O) groups excluding carboxylic acids is 1. The highest BCUT2D eigenvalue weighted by molar-refractivity contribution is 5.70. The van der Waals surface area contributed by atoms with Crippen molar-refractivity contribution in [2.24, 2.45) is 5.73 Å². The van der Waals surface area contributed by atoms with Gasteiger partial charge in [0.15, 0.2) is 0 Å². The molecule has 88 valence electrons. The van der Waals surface area contributed by atoms with Crippen LogP contribution in [0.5, 0.6) is 5.75 Å². The molecular formula is C12H17NO3. The third-order valence-electron chi connectivity index (χ3n) is 2.23. The Balaban J connectivity index is 2.72. The molecule has 0 unspecified atom stereocenters. The summed E-state index contributed by atoms with van der Waals surface area (Å²) in [5.74, 6) is 0.403. The molecule has 0 saturated heterocycles. The first-order valence-electron chi connectivity index (χ1n) is 5.23. The van der Waals surface area contributed by atoms with Gasteiger partial charge in [0.25, 0.3) is 0 Å². The molecule has 0 aliphatic rings. The number of rotatable bonds is 5. The van der Waals surface area contributed by atoms with Gasteiger partial charge in [0.2, 0.25) is 0 Å². The molecule has 4 heteroatoms. The van der Waals surface area contributed by atoms with Crippen LogP contribution in [0, 0.1) is 0 Å². The molecule has 0 aliphatic heterocycles. The van der Waals surface area contributed by atoms with E-state index < -0.39 is 6.04 Å². The highest BCUT2D eigenvalue weighted by atomic mass is 16.5. The zero-order valence-electron chi connectivity index (χ0n) is 9.60. The minimum absolute atomic E-state index is 0.161. The second kappa shape index (κ2) is 6.12. The Morgan fingerprint density at radius 1 is 1.44 bits per heavy atom. The monoisotopic (exact) mass is 223 g/mol. The van der Waals surface area contributed by atoms with Crippen molar-refractivity contribution < 1.29 is 14.3 Å². The van der Waals surface area contributed by atoms with Crippen LogP contribution < -0.4 is 10.5 Å². The van der Waals surface area contributed by atoms with Crippen LogP contribution >= 0.6 is 0 Å². The molecule has 0 saturated carbocycles. The van der Waals surface area contributed by atoms with Crippen LogP contribution in [-0.2, 0) is 9.53 Å². The number of para-hydroxylation sites is 1. The maximum atomic E-state index is 11.3. The van der Waals surface area contributed by atoms with E-state index in [1.54, 1.807) is 14.0 Å². The first-order valence-corrected chi connectivity index (χ1v) is 5.23. The second-order valence-electron chi connectivity index (χ2n) is 3.36. The van der Waals surface area contributed by atoms with E-state index in [1.165, 1.54) is 0 Å². The van der Waals surface area contributed by atoms with E-state index in [4.69, 9.17) is 15.2 Å². The quantitative estimate of drug-likeness (QED) is 0.771. The highest BCUT2D eigenvalue weighted by Crippen LogP contribution is 2.25. The van der Waals surface area contributed by atoms with Crippen LogP contribution in [0.1, 0.15) is 24.9 Å². The van der Waals surface area contributed by atoms with Gasteiger partial charge in [-0.2, -0.15) is 0 Å². The minimum atomic E-state index is -0.393. The van der Waals surface area contributed by atoms with Gasteiger partial charge >= 0.3 is 5.97 Å². The van der Waals surface area contributed by atoms with Gasteiger partial charge in [-0.05, 0) is 13.0 Å². The molecule has 0 radical (unpaired) electrons. The summed E-state index contributed by atoms with van der Waals surface area (Å²) in [5.41, 5.74) is 6.74. The summed E-state index contributed by atoms with van der Waals surface area (Å²) in [7, 11) is 1.58. The Labute approximate surface area is 95.3 Å². The predicted molar refractivity (Wildman–Crippen MR) is 61.2 cm³/mol. The van der Waals surface area contributed by atoms with Crippen molar-refractivity contribution in [2.45, 2.75) is 19.4 Å². The van der Waals surface area contributed by atoms with Crippen molar-refractivity contribution >= 4 is 5.97 Å². The van der Waals surface area contributed by atoms with Crippen molar-refractivity contribution in [3.05, 3.63) is 29.8 Å². The Morgan fingerprint density at radius 2 is 2.12 bits per heavy atom. The van der Waals surface area contributed by atoms with Crippen molar-refractivity contribution in [1.29, 1.82) is 0 Å². The van der Waals surface area contributed by atoms with E-state index in [1.807, 2.05) is 24.3 Å². The molecule has 1 atom stereocenters.